The number of nitrogens with zero attached hydrogens (tertiary/aromatic N) is 2. The number of ether oxygens (including phenoxy) is 1. The number of halogens is 1. The van der Waals surface area contributed by atoms with Crippen LogP contribution in [-0.4, -0.2) is 83.1 Å². The number of likely N-dealkylation sites (tertiary alicyclic amines) is 1. The lowest BCUT2D eigenvalue weighted by Crippen LogP contribution is -2.54. The van der Waals surface area contributed by atoms with Gasteiger partial charge in [0.05, 0.1) is 25.4 Å². The first-order valence-corrected chi connectivity index (χ1v) is 19.2. The zero-order valence-electron chi connectivity index (χ0n) is 31.5. The Balaban J connectivity index is 1.24. The predicted molar refractivity (Wildman–Crippen MR) is 201 cm³/mol. The van der Waals surface area contributed by atoms with Crippen LogP contribution in [0.5, 0.6) is 5.75 Å². The van der Waals surface area contributed by atoms with E-state index < -0.39 is 52.5 Å². The molecule has 2 aliphatic heterocycles. The van der Waals surface area contributed by atoms with Crippen LogP contribution in [0.25, 0.3) is 0 Å². The molecule has 2 aliphatic carbocycles. The van der Waals surface area contributed by atoms with E-state index >= 15 is 0 Å². The fourth-order valence-electron chi connectivity index (χ4n) is 7.86. The van der Waals surface area contributed by atoms with Crippen LogP contribution in [0, 0.1) is 11.3 Å². The monoisotopic (exact) mass is 760 g/mol. The van der Waals surface area contributed by atoms with Crippen molar-refractivity contribution in [3.63, 3.8) is 0 Å². The molecule has 1 saturated heterocycles. The molecule has 288 valence electrons. The smallest absolute Gasteiger partial charge is 0.289 e. The molecule has 0 bridgehead atoms. The molecule has 54 heavy (non-hydrogen) atoms. The third kappa shape index (κ3) is 8.53. The zero-order valence-corrected chi connectivity index (χ0v) is 32.3. The van der Waals surface area contributed by atoms with Gasteiger partial charge in [-0.05, 0) is 66.5 Å². The van der Waals surface area contributed by atoms with Gasteiger partial charge in [-0.1, -0.05) is 63.0 Å². The number of amides is 3. The van der Waals surface area contributed by atoms with Gasteiger partial charge in [0, 0.05) is 60.2 Å². The van der Waals surface area contributed by atoms with Gasteiger partial charge in [0.2, 0.25) is 17.6 Å². The molecule has 2 aromatic carbocycles. The number of carbonyl (C=O) groups excluding carboxylic acids is 6. The van der Waals surface area contributed by atoms with Crippen LogP contribution in [0.3, 0.4) is 0 Å². The molecule has 13 heteroatoms. The Morgan fingerprint density at radius 1 is 1.11 bits per heavy atom. The summed E-state index contributed by atoms with van der Waals surface area (Å²) in [5, 5.41) is 10.4. The standard InChI is InChI=1S/C41H49ClN4O8/c1-6-8-32(36(49)38(51)43-26-11-12-26)44-37(50)34-21-41(20-33(45-54-41)23-9-7-10-25(42)15-23)22-46(34)39(52)31(40(2,3)4)18-27(47)16-24-17-35(48)29-14-13-28(53-5)19-30(24)29/h7,9-10,13-15,19,24,26,31-32,34H,6,8,11-12,16-18,20-22H2,1-5H3,(H,43,51)(H,44,50)/t24?,31-,32+,34+,41-/m1/s1. The first-order chi connectivity index (χ1) is 25.6. The average molecular weight is 761 g/mol. The first-order valence-electron chi connectivity index (χ1n) is 18.8. The third-order valence-corrected chi connectivity index (χ3v) is 11.2. The highest BCUT2D eigenvalue weighted by atomic mass is 35.5. The molecule has 2 N–H and O–H groups in total. The summed E-state index contributed by atoms with van der Waals surface area (Å²) >= 11 is 6.27. The number of ketones is 3. The van der Waals surface area contributed by atoms with Crippen molar-refractivity contribution >= 4 is 52.4 Å². The van der Waals surface area contributed by atoms with Crippen molar-refractivity contribution in [3.05, 3.63) is 64.2 Å². The zero-order chi connectivity index (χ0) is 38.9. The molecule has 2 aromatic rings. The summed E-state index contributed by atoms with van der Waals surface area (Å²) in [6.45, 7) is 7.50. The lowest BCUT2D eigenvalue weighted by atomic mass is 9.76. The number of hydrogen-bond acceptors (Lipinski definition) is 9. The maximum Gasteiger partial charge on any atom is 0.289 e. The molecule has 1 unspecified atom stereocenters. The molecule has 0 aromatic heterocycles. The summed E-state index contributed by atoms with van der Waals surface area (Å²) < 4.78 is 5.37. The van der Waals surface area contributed by atoms with Gasteiger partial charge in [-0.15, -0.1) is 0 Å². The minimum atomic E-state index is -1.08. The second-order valence-corrected chi connectivity index (χ2v) is 16.7. The molecule has 3 amide bonds. The minimum absolute atomic E-state index is 0.0110. The van der Waals surface area contributed by atoms with E-state index in [1.54, 1.807) is 43.5 Å². The van der Waals surface area contributed by atoms with Crippen molar-refractivity contribution in [3.8, 4) is 5.75 Å². The number of carbonyl (C=O) groups is 6. The molecule has 5 atom stereocenters. The first kappa shape index (κ1) is 39.1. The summed E-state index contributed by atoms with van der Waals surface area (Å²) in [6.07, 6.45) is 2.92. The summed E-state index contributed by atoms with van der Waals surface area (Å²) in [5.74, 6) is -3.23. The van der Waals surface area contributed by atoms with Crippen molar-refractivity contribution in [1.29, 1.82) is 0 Å². The maximum absolute atomic E-state index is 14.8. The number of fused-ring (bicyclic) bond motifs is 1. The number of Topliss-reactive ketones (excluding diaryl/α,β-unsaturated/α-hetero) is 3. The highest BCUT2D eigenvalue weighted by molar-refractivity contribution is 6.38. The van der Waals surface area contributed by atoms with Gasteiger partial charge in [-0.2, -0.15) is 0 Å². The van der Waals surface area contributed by atoms with Crippen LogP contribution in [0.15, 0.2) is 47.6 Å². The highest BCUT2D eigenvalue weighted by Gasteiger charge is 2.55. The number of methoxy groups -OCH3 is 1. The molecule has 2 heterocycles. The van der Waals surface area contributed by atoms with E-state index in [1.807, 2.05) is 33.8 Å². The Morgan fingerprint density at radius 3 is 2.54 bits per heavy atom. The third-order valence-electron chi connectivity index (χ3n) is 11.0. The summed E-state index contributed by atoms with van der Waals surface area (Å²) in [6, 6.07) is 10.3. The van der Waals surface area contributed by atoms with Gasteiger partial charge >= 0.3 is 0 Å². The van der Waals surface area contributed by atoms with E-state index in [-0.39, 0.29) is 62.2 Å². The van der Waals surface area contributed by atoms with Gasteiger partial charge in [-0.3, -0.25) is 28.8 Å². The Morgan fingerprint density at radius 2 is 1.87 bits per heavy atom. The van der Waals surface area contributed by atoms with E-state index in [0.29, 0.717) is 34.9 Å². The van der Waals surface area contributed by atoms with Crippen LogP contribution >= 0.6 is 11.6 Å². The fourth-order valence-corrected chi connectivity index (χ4v) is 8.05. The van der Waals surface area contributed by atoms with Crippen molar-refractivity contribution in [2.24, 2.45) is 16.5 Å². The Hall–Kier alpha value is -4.58. The summed E-state index contributed by atoms with van der Waals surface area (Å²) in [4.78, 5) is 89.3. The van der Waals surface area contributed by atoms with Crippen molar-refractivity contribution in [2.75, 3.05) is 13.7 Å². The van der Waals surface area contributed by atoms with Gasteiger partial charge in [-0.25, -0.2) is 0 Å². The molecule has 0 radical (unpaired) electrons. The number of hydrogen-bond donors (Lipinski definition) is 2. The molecule has 4 aliphatic rings. The van der Waals surface area contributed by atoms with E-state index in [2.05, 4.69) is 15.8 Å². The molecule has 1 spiro atoms. The van der Waals surface area contributed by atoms with Crippen molar-refractivity contribution in [1.82, 2.24) is 15.5 Å². The lowest BCUT2D eigenvalue weighted by molar-refractivity contribution is -0.147. The second-order valence-electron chi connectivity index (χ2n) is 16.3. The van der Waals surface area contributed by atoms with Crippen LogP contribution in [0.1, 0.15) is 113 Å². The van der Waals surface area contributed by atoms with Gasteiger partial charge < -0.3 is 25.1 Å². The van der Waals surface area contributed by atoms with Crippen LogP contribution < -0.4 is 15.4 Å². The van der Waals surface area contributed by atoms with Gasteiger partial charge in [0.15, 0.2) is 11.4 Å². The Bertz CT molecular complexity index is 1880. The van der Waals surface area contributed by atoms with Crippen molar-refractivity contribution < 1.29 is 38.3 Å². The summed E-state index contributed by atoms with van der Waals surface area (Å²) in [5.41, 5.74) is 0.962. The number of oxime groups is 1. The molecular weight excluding hydrogens is 712 g/mol. The molecular formula is C41H49ClN4O8. The van der Waals surface area contributed by atoms with Crippen molar-refractivity contribution in [2.45, 2.75) is 115 Å². The second kappa shape index (κ2) is 15.6. The Kier molecular flexibility index (Phi) is 11.3. The van der Waals surface area contributed by atoms with E-state index in [4.69, 9.17) is 21.2 Å². The Labute approximate surface area is 320 Å². The highest BCUT2D eigenvalue weighted by Crippen LogP contribution is 2.43. The SMILES string of the molecule is CCC[C@H](NC(=O)[C@@H]1C[C@]2(CC(c3cccc(Cl)c3)=NO2)CN1C(=O)[C@@H](CC(=O)CC1CC(=O)c2ccc(OC)cc21)C(C)(C)C)C(=O)C(=O)NC1CC1. The number of benzene rings is 2. The minimum Gasteiger partial charge on any atom is -0.497 e. The molecule has 2 fully saturated rings. The predicted octanol–water partition coefficient (Wildman–Crippen LogP) is 5.33. The number of nitrogens with one attached hydrogen (secondary N) is 2. The normalized spacial score (nSPS) is 23.0. The van der Waals surface area contributed by atoms with Gasteiger partial charge in [0.25, 0.3) is 5.91 Å². The van der Waals surface area contributed by atoms with E-state index in [9.17, 15) is 28.8 Å². The van der Waals surface area contributed by atoms with Crippen LogP contribution in [-0.2, 0) is 28.8 Å². The van der Waals surface area contributed by atoms with Gasteiger partial charge in [0.1, 0.15) is 17.6 Å². The molecule has 1 saturated carbocycles. The molecule has 12 nitrogen and oxygen atoms in total. The lowest BCUT2D eigenvalue weighted by Gasteiger charge is -2.35. The topological polar surface area (TPSA) is 161 Å². The van der Waals surface area contributed by atoms with Crippen LogP contribution in [0.2, 0.25) is 5.02 Å². The van der Waals surface area contributed by atoms with Crippen LogP contribution in [0.4, 0.5) is 0 Å². The quantitative estimate of drug-likeness (QED) is 0.245. The van der Waals surface area contributed by atoms with E-state index in [1.165, 1.54) is 4.90 Å². The van der Waals surface area contributed by atoms with E-state index in [0.717, 1.165) is 24.0 Å². The number of rotatable bonds is 14. The maximum atomic E-state index is 14.8. The molecule has 6 rings (SSSR count). The summed E-state index contributed by atoms with van der Waals surface area (Å²) in [7, 11) is 1.54. The average Bonchev–Trinajstić information content (AvgIpc) is 3.59. The largest absolute Gasteiger partial charge is 0.497 e. The fraction of sp³-hybridized carbons (Fsp3) is 0.537.